The predicted molar refractivity (Wildman–Crippen MR) is 76.0 cm³/mol. The molecule has 0 radical (unpaired) electrons. The monoisotopic (exact) mass is 258 g/mol. The van der Waals surface area contributed by atoms with E-state index in [0.29, 0.717) is 0 Å². The third-order valence-electron chi connectivity index (χ3n) is 3.16. The summed E-state index contributed by atoms with van der Waals surface area (Å²) in [7, 11) is 0. The van der Waals surface area contributed by atoms with Gasteiger partial charge in [0, 0.05) is 0 Å². The van der Waals surface area contributed by atoms with Crippen molar-refractivity contribution >= 4 is 0 Å². The second kappa shape index (κ2) is 6.37. The van der Waals surface area contributed by atoms with Crippen LogP contribution in [0, 0.1) is 5.82 Å². The molecule has 2 heteroatoms. The van der Waals surface area contributed by atoms with E-state index in [4.69, 9.17) is 4.74 Å². The molecule has 2 rings (SSSR count). The Morgan fingerprint density at radius 2 is 1.47 bits per heavy atom. The molecule has 19 heavy (non-hydrogen) atoms. The van der Waals surface area contributed by atoms with Crippen LogP contribution in [0.25, 0.3) is 0 Å². The van der Waals surface area contributed by atoms with Gasteiger partial charge in [-0.05, 0) is 55.2 Å². The first kappa shape index (κ1) is 13.6. The van der Waals surface area contributed by atoms with Crippen molar-refractivity contribution in [1.29, 1.82) is 0 Å². The molecule has 0 spiro atoms. The summed E-state index contributed by atoms with van der Waals surface area (Å²) in [5.74, 6) is 0.707. The van der Waals surface area contributed by atoms with Crippen LogP contribution in [0.15, 0.2) is 48.5 Å². The minimum Gasteiger partial charge on any atom is -0.491 e. The van der Waals surface area contributed by atoms with Gasteiger partial charge in [-0.3, -0.25) is 0 Å². The maximum absolute atomic E-state index is 12.8. The van der Waals surface area contributed by atoms with E-state index in [9.17, 15) is 4.39 Å². The molecule has 0 N–H and O–H groups in total. The Bertz CT molecular complexity index is 502. The van der Waals surface area contributed by atoms with Gasteiger partial charge in [0.25, 0.3) is 0 Å². The number of benzene rings is 2. The zero-order valence-corrected chi connectivity index (χ0v) is 11.4. The van der Waals surface area contributed by atoms with Crippen molar-refractivity contribution in [2.24, 2.45) is 0 Å². The Labute approximate surface area is 114 Å². The van der Waals surface area contributed by atoms with Gasteiger partial charge in [0.2, 0.25) is 0 Å². The molecule has 0 aromatic heterocycles. The lowest BCUT2D eigenvalue weighted by molar-refractivity contribution is 0.217. The summed E-state index contributed by atoms with van der Waals surface area (Å²) in [4.78, 5) is 0. The molecule has 0 aliphatic carbocycles. The Morgan fingerprint density at radius 3 is 2.00 bits per heavy atom. The molecule has 0 aliphatic rings. The van der Waals surface area contributed by atoms with E-state index in [1.54, 1.807) is 0 Å². The van der Waals surface area contributed by atoms with Crippen molar-refractivity contribution < 1.29 is 9.13 Å². The quantitative estimate of drug-likeness (QED) is 0.762. The predicted octanol–water partition coefficient (Wildman–Crippen LogP) is 4.59. The molecule has 0 heterocycles. The van der Waals surface area contributed by atoms with E-state index in [2.05, 4.69) is 26.0 Å². The number of hydrogen-bond donors (Lipinski definition) is 0. The second-order valence-electron chi connectivity index (χ2n) is 4.78. The summed E-state index contributed by atoms with van der Waals surface area (Å²) in [6.07, 6.45) is 2.05. The average Bonchev–Trinajstić information content (AvgIpc) is 2.43. The van der Waals surface area contributed by atoms with E-state index in [-0.39, 0.29) is 11.9 Å². The molecule has 1 nitrogen and oxygen atoms in total. The summed E-state index contributed by atoms with van der Waals surface area (Å²) in [6, 6.07) is 14.7. The molecule has 0 fully saturated rings. The minimum absolute atomic E-state index is 0.193. The van der Waals surface area contributed by atoms with Crippen LogP contribution in [-0.4, -0.2) is 6.10 Å². The van der Waals surface area contributed by atoms with Crippen molar-refractivity contribution in [2.75, 3.05) is 0 Å². The minimum atomic E-state index is -0.193. The maximum Gasteiger partial charge on any atom is 0.123 e. The largest absolute Gasteiger partial charge is 0.491 e. The molecular formula is C17H19FO. The smallest absolute Gasteiger partial charge is 0.123 e. The van der Waals surface area contributed by atoms with Gasteiger partial charge in [0.15, 0.2) is 0 Å². The molecule has 0 saturated heterocycles. The standard InChI is InChI=1S/C17H19FO/c1-3-13(2)19-17-10-6-15(7-11-17)12-14-4-8-16(18)9-5-14/h4-11,13H,3,12H2,1-2H3. The summed E-state index contributed by atoms with van der Waals surface area (Å²) in [5, 5.41) is 0. The van der Waals surface area contributed by atoms with Gasteiger partial charge in [-0.1, -0.05) is 31.2 Å². The molecule has 2 aromatic carbocycles. The zero-order chi connectivity index (χ0) is 13.7. The second-order valence-corrected chi connectivity index (χ2v) is 4.78. The summed E-state index contributed by atoms with van der Waals surface area (Å²) < 4.78 is 18.6. The molecule has 0 bridgehead atoms. The summed E-state index contributed by atoms with van der Waals surface area (Å²) >= 11 is 0. The van der Waals surface area contributed by atoms with Gasteiger partial charge >= 0.3 is 0 Å². The number of hydrogen-bond acceptors (Lipinski definition) is 1. The van der Waals surface area contributed by atoms with Crippen LogP contribution >= 0.6 is 0 Å². The third-order valence-corrected chi connectivity index (χ3v) is 3.16. The number of rotatable bonds is 5. The van der Waals surface area contributed by atoms with Gasteiger partial charge in [-0.2, -0.15) is 0 Å². The highest BCUT2D eigenvalue weighted by Crippen LogP contribution is 2.17. The van der Waals surface area contributed by atoms with E-state index >= 15 is 0 Å². The van der Waals surface area contributed by atoms with Crippen molar-refractivity contribution in [3.05, 3.63) is 65.5 Å². The molecule has 0 amide bonds. The first-order chi connectivity index (χ1) is 9.17. The van der Waals surface area contributed by atoms with E-state index in [1.807, 2.05) is 24.3 Å². The first-order valence-electron chi connectivity index (χ1n) is 6.67. The Kier molecular flexibility index (Phi) is 4.56. The normalized spacial score (nSPS) is 12.2. The lowest BCUT2D eigenvalue weighted by Gasteiger charge is -2.12. The summed E-state index contributed by atoms with van der Waals surface area (Å²) in [6.45, 7) is 4.17. The Balaban J connectivity index is 2.00. The van der Waals surface area contributed by atoms with E-state index in [0.717, 1.165) is 24.2 Å². The Hall–Kier alpha value is -1.83. The molecule has 1 atom stereocenters. The van der Waals surface area contributed by atoms with Gasteiger partial charge in [0.1, 0.15) is 11.6 Å². The van der Waals surface area contributed by atoms with E-state index < -0.39 is 0 Å². The highest BCUT2D eigenvalue weighted by Gasteiger charge is 2.02. The van der Waals surface area contributed by atoms with Crippen LogP contribution in [0.2, 0.25) is 0 Å². The van der Waals surface area contributed by atoms with Crippen molar-refractivity contribution in [1.82, 2.24) is 0 Å². The van der Waals surface area contributed by atoms with Crippen LogP contribution in [-0.2, 0) is 6.42 Å². The van der Waals surface area contributed by atoms with Gasteiger partial charge in [0.05, 0.1) is 6.10 Å². The molecular weight excluding hydrogens is 239 g/mol. The SMILES string of the molecule is CCC(C)Oc1ccc(Cc2ccc(F)cc2)cc1. The fourth-order valence-electron chi connectivity index (χ4n) is 1.84. The third kappa shape index (κ3) is 4.09. The lowest BCUT2D eigenvalue weighted by Crippen LogP contribution is -2.09. The fourth-order valence-corrected chi connectivity index (χ4v) is 1.84. The fraction of sp³-hybridized carbons (Fsp3) is 0.294. The van der Waals surface area contributed by atoms with Crippen molar-refractivity contribution in [3.8, 4) is 5.75 Å². The molecule has 100 valence electrons. The van der Waals surface area contributed by atoms with Crippen molar-refractivity contribution in [2.45, 2.75) is 32.8 Å². The van der Waals surface area contributed by atoms with Crippen LogP contribution in [0.5, 0.6) is 5.75 Å². The number of halogens is 1. The van der Waals surface area contributed by atoms with Gasteiger partial charge in [-0.15, -0.1) is 0 Å². The van der Waals surface area contributed by atoms with Crippen LogP contribution in [0.3, 0.4) is 0 Å². The van der Waals surface area contributed by atoms with Crippen LogP contribution in [0.1, 0.15) is 31.4 Å². The zero-order valence-electron chi connectivity index (χ0n) is 11.4. The molecule has 2 aromatic rings. The highest BCUT2D eigenvalue weighted by molar-refractivity contribution is 5.31. The Morgan fingerprint density at radius 1 is 0.947 bits per heavy atom. The van der Waals surface area contributed by atoms with Gasteiger partial charge < -0.3 is 4.74 Å². The van der Waals surface area contributed by atoms with E-state index in [1.165, 1.54) is 17.7 Å². The molecule has 0 aliphatic heterocycles. The van der Waals surface area contributed by atoms with Gasteiger partial charge in [-0.25, -0.2) is 4.39 Å². The highest BCUT2D eigenvalue weighted by atomic mass is 19.1. The maximum atomic E-state index is 12.8. The van der Waals surface area contributed by atoms with Crippen LogP contribution in [0.4, 0.5) is 4.39 Å². The summed E-state index contributed by atoms with van der Waals surface area (Å²) in [5.41, 5.74) is 2.31. The van der Waals surface area contributed by atoms with Crippen LogP contribution < -0.4 is 4.74 Å². The molecule has 0 saturated carbocycles. The lowest BCUT2D eigenvalue weighted by atomic mass is 10.1. The van der Waals surface area contributed by atoms with Crippen molar-refractivity contribution in [3.63, 3.8) is 0 Å². The topological polar surface area (TPSA) is 9.23 Å². The number of ether oxygens (including phenoxy) is 1. The molecule has 1 unspecified atom stereocenters. The average molecular weight is 258 g/mol. The first-order valence-corrected chi connectivity index (χ1v) is 6.67.